The summed E-state index contributed by atoms with van der Waals surface area (Å²) in [6.45, 7) is 3.56. The van der Waals surface area contributed by atoms with E-state index in [0.717, 1.165) is 31.0 Å². The second-order valence-corrected chi connectivity index (χ2v) is 12.5. The molecule has 0 bridgehead atoms. The summed E-state index contributed by atoms with van der Waals surface area (Å²) in [5.74, 6) is -1.88. The first-order chi connectivity index (χ1) is 21.9. The van der Waals surface area contributed by atoms with Crippen LogP contribution in [-0.2, 0) is 15.7 Å². The third-order valence-corrected chi connectivity index (χ3v) is 9.11. The molecule has 248 valence electrons. The van der Waals surface area contributed by atoms with Crippen molar-refractivity contribution in [3.05, 3.63) is 46.6 Å². The molecule has 1 saturated carbocycles. The molecule has 3 heterocycles. The van der Waals surface area contributed by atoms with Crippen LogP contribution in [0.15, 0.2) is 24.3 Å². The third kappa shape index (κ3) is 6.62. The Morgan fingerprint density at radius 2 is 1.87 bits per heavy atom. The van der Waals surface area contributed by atoms with Gasteiger partial charge in [0, 0.05) is 50.4 Å². The smallest absolute Gasteiger partial charge is 0.381 e. The second-order valence-electron chi connectivity index (χ2n) is 12.5. The summed E-state index contributed by atoms with van der Waals surface area (Å²) in [5.41, 5.74) is -0.541. The van der Waals surface area contributed by atoms with E-state index in [1.807, 2.05) is 19.0 Å². The summed E-state index contributed by atoms with van der Waals surface area (Å²) in [5, 5.41) is 17.6. The van der Waals surface area contributed by atoms with Crippen LogP contribution in [-0.4, -0.2) is 96.8 Å². The van der Waals surface area contributed by atoms with Gasteiger partial charge in [-0.3, -0.25) is 19.3 Å². The molecule has 0 unspecified atom stereocenters. The van der Waals surface area contributed by atoms with E-state index in [1.165, 1.54) is 15.9 Å². The van der Waals surface area contributed by atoms with E-state index >= 15 is 0 Å². The second kappa shape index (κ2) is 13.4. The van der Waals surface area contributed by atoms with Gasteiger partial charge in [0.25, 0.3) is 17.7 Å². The number of fused-ring (bicyclic) bond motifs is 1. The van der Waals surface area contributed by atoms with E-state index in [9.17, 15) is 32.8 Å². The molecule has 2 fully saturated rings. The average molecular weight is 644 g/mol. The number of rotatable bonds is 10. The molecule has 5 rings (SSSR count). The SMILES string of the molecule is CCN1C(=O)[C@@H](NC(=O)c2cccc(C(F)(F)F)c2)[C@@H](C2CC2)c2c(C(=O)N(C)[C@H](C#N)CCN(C)C)nn(C3CCOCC3)c21. The lowest BCUT2D eigenvalue weighted by molar-refractivity contribution is -0.137. The van der Waals surface area contributed by atoms with Crippen LogP contribution >= 0.6 is 0 Å². The maximum atomic E-state index is 14.3. The molecule has 3 atom stereocenters. The van der Waals surface area contributed by atoms with E-state index < -0.39 is 47.5 Å². The van der Waals surface area contributed by atoms with Crippen LogP contribution in [0.2, 0.25) is 0 Å². The van der Waals surface area contributed by atoms with Gasteiger partial charge in [0.05, 0.1) is 17.7 Å². The summed E-state index contributed by atoms with van der Waals surface area (Å²) >= 11 is 0. The lowest BCUT2D eigenvalue weighted by atomic mass is 9.82. The molecule has 1 saturated heterocycles. The topological polar surface area (TPSA) is 124 Å². The van der Waals surface area contributed by atoms with Crippen LogP contribution in [0.3, 0.4) is 0 Å². The van der Waals surface area contributed by atoms with Crippen molar-refractivity contribution in [2.75, 3.05) is 52.3 Å². The van der Waals surface area contributed by atoms with Gasteiger partial charge in [-0.05, 0) is 77.2 Å². The van der Waals surface area contributed by atoms with E-state index in [-0.39, 0.29) is 29.8 Å². The van der Waals surface area contributed by atoms with Crippen molar-refractivity contribution in [2.45, 2.75) is 69.2 Å². The van der Waals surface area contributed by atoms with Crippen molar-refractivity contribution >= 4 is 23.5 Å². The number of aromatic nitrogens is 2. The van der Waals surface area contributed by atoms with Gasteiger partial charge in [0.1, 0.15) is 17.9 Å². The standard InChI is InChI=1S/C32H40F3N7O4/c1-5-41-29-25(24(19-9-10-19)26(31(41)45)37-28(43)20-7-6-8-21(17-20)32(33,34)35)27(38-42(29)22-12-15-46-16-13-22)30(44)40(4)23(18-36)11-14-39(2)3/h6-8,17,19,22-24,26H,5,9-16H2,1-4H3,(H,37,43)/t23-,24-,26-/m0/s1. The number of ether oxygens (including phenoxy) is 1. The van der Waals surface area contributed by atoms with Gasteiger partial charge in [-0.1, -0.05) is 6.07 Å². The summed E-state index contributed by atoms with van der Waals surface area (Å²) in [6.07, 6.45) is -1.50. The van der Waals surface area contributed by atoms with Gasteiger partial charge in [-0.25, -0.2) is 4.68 Å². The molecule has 2 aliphatic heterocycles. The Hall–Kier alpha value is -3.96. The van der Waals surface area contributed by atoms with Gasteiger partial charge >= 0.3 is 6.18 Å². The number of anilines is 1. The molecule has 0 spiro atoms. The number of hydrogen-bond acceptors (Lipinski definition) is 7. The number of likely N-dealkylation sites (N-methyl/N-ethyl adjacent to an activating group) is 1. The molecule has 2 aromatic rings. The minimum Gasteiger partial charge on any atom is -0.381 e. The highest BCUT2D eigenvalue weighted by Crippen LogP contribution is 2.52. The molecule has 0 radical (unpaired) electrons. The number of carbonyl (C=O) groups excluding carboxylic acids is 3. The zero-order valence-corrected chi connectivity index (χ0v) is 26.5. The lowest BCUT2D eigenvalue weighted by Crippen LogP contribution is -2.56. The van der Waals surface area contributed by atoms with Crippen LogP contribution in [0.4, 0.5) is 19.0 Å². The number of nitriles is 1. The fraction of sp³-hybridized carbons (Fsp3) is 0.594. The first kappa shape index (κ1) is 33.4. The number of nitrogens with one attached hydrogen (secondary N) is 1. The molecule has 1 aliphatic carbocycles. The fourth-order valence-corrected chi connectivity index (χ4v) is 6.46. The number of carbonyl (C=O) groups is 3. The molecule has 11 nitrogen and oxygen atoms in total. The highest BCUT2D eigenvalue weighted by Gasteiger charge is 2.52. The lowest BCUT2D eigenvalue weighted by Gasteiger charge is -2.39. The van der Waals surface area contributed by atoms with Crippen LogP contribution in [0.5, 0.6) is 0 Å². The Morgan fingerprint density at radius 1 is 1.17 bits per heavy atom. The fourth-order valence-electron chi connectivity index (χ4n) is 6.46. The predicted molar refractivity (Wildman–Crippen MR) is 162 cm³/mol. The van der Waals surface area contributed by atoms with Crippen LogP contribution in [0, 0.1) is 17.2 Å². The minimum absolute atomic E-state index is 0.0572. The van der Waals surface area contributed by atoms with E-state index in [1.54, 1.807) is 18.7 Å². The Kier molecular flexibility index (Phi) is 9.74. The van der Waals surface area contributed by atoms with E-state index in [4.69, 9.17) is 9.84 Å². The van der Waals surface area contributed by atoms with Gasteiger partial charge in [0.2, 0.25) is 0 Å². The number of halogens is 3. The van der Waals surface area contributed by atoms with Crippen molar-refractivity contribution in [3.8, 4) is 6.07 Å². The maximum absolute atomic E-state index is 14.3. The number of benzene rings is 1. The molecule has 3 aliphatic rings. The van der Waals surface area contributed by atoms with Gasteiger partial charge in [0.15, 0.2) is 5.69 Å². The molecule has 46 heavy (non-hydrogen) atoms. The number of nitrogens with zero attached hydrogens (tertiary/aromatic N) is 6. The molecule has 1 aromatic heterocycles. The highest BCUT2D eigenvalue weighted by molar-refractivity contribution is 6.07. The van der Waals surface area contributed by atoms with E-state index in [2.05, 4.69) is 11.4 Å². The predicted octanol–water partition coefficient (Wildman–Crippen LogP) is 3.83. The van der Waals surface area contributed by atoms with Crippen molar-refractivity contribution in [3.63, 3.8) is 0 Å². The Morgan fingerprint density at radius 3 is 2.46 bits per heavy atom. The number of hydrogen-bond donors (Lipinski definition) is 1. The Balaban J connectivity index is 1.60. The molecular formula is C32H40F3N7O4. The van der Waals surface area contributed by atoms with Crippen molar-refractivity contribution in [1.82, 2.24) is 24.9 Å². The average Bonchev–Trinajstić information content (AvgIpc) is 3.80. The summed E-state index contributed by atoms with van der Waals surface area (Å²) in [7, 11) is 5.33. The third-order valence-electron chi connectivity index (χ3n) is 9.11. The van der Waals surface area contributed by atoms with Gasteiger partial charge in [-0.15, -0.1) is 0 Å². The quantitative estimate of drug-likeness (QED) is 0.418. The summed E-state index contributed by atoms with van der Waals surface area (Å²) in [6, 6.07) is 4.29. The van der Waals surface area contributed by atoms with Crippen molar-refractivity contribution in [2.24, 2.45) is 5.92 Å². The molecule has 14 heteroatoms. The van der Waals surface area contributed by atoms with Gasteiger partial charge in [-0.2, -0.15) is 23.5 Å². The maximum Gasteiger partial charge on any atom is 0.416 e. The Bertz CT molecular complexity index is 1510. The van der Waals surface area contributed by atoms with Crippen molar-refractivity contribution < 1.29 is 32.3 Å². The summed E-state index contributed by atoms with van der Waals surface area (Å²) in [4.78, 5) is 46.8. The number of amides is 3. The first-order valence-electron chi connectivity index (χ1n) is 15.7. The molecular weight excluding hydrogens is 603 g/mol. The highest BCUT2D eigenvalue weighted by atomic mass is 19.4. The van der Waals surface area contributed by atoms with Crippen LogP contribution in [0.25, 0.3) is 0 Å². The minimum atomic E-state index is -4.64. The normalized spacial score (nSPS) is 21.1. The largest absolute Gasteiger partial charge is 0.416 e. The van der Waals surface area contributed by atoms with Crippen LogP contribution < -0.4 is 10.2 Å². The van der Waals surface area contributed by atoms with E-state index in [0.29, 0.717) is 50.4 Å². The molecule has 3 amide bonds. The van der Waals surface area contributed by atoms with Crippen LogP contribution in [0.1, 0.15) is 83.0 Å². The molecule has 1 aromatic carbocycles. The zero-order valence-electron chi connectivity index (χ0n) is 26.5. The zero-order chi connectivity index (χ0) is 33.3. The van der Waals surface area contributed by atoms with Crippen molar-refractivity contribution in [1.29, 1.82) is 5.26 Å². The number of alkyl halides is 3. The first-order valence-corrected chi connectivity index (χ1v) is 15.7. The molecule has 1 N–H and O–H groups in total. The van der Waals surface area contributed by atoms with Gasteiger partial charge < -0.3 is 19.9 Å². The Labute approximate surface area is 266 Å². The summed E-state index contributed by atoms with van der Waals surface area (Å²) < 4.78 is 47.6. The monoisotopic (exact) mass is 643 g/mol.